The van der Waals surface area contributed by atoms with Crippen molar-refractivity contribution in [3.05, 3.63) is 82.9 Å². The maximum Gasteiger partial charge on any atom is 0.264 e. The second-order valence-electron chi connectivity index (χ2n) is 8.15. The number of nitrogens with zero attached hydrogens (tertiary/aromatic N) is 5. The Kier molecular flexibility index (Phi) is 8.16. The van der Waals surface area contributed by atoms with Crippen LogP contribution in [0.15, 0.2) is 76.8 Å². The number of carbonyl (C=O) groups excluding carboxylic acids is 1. The summed E-state index contributed by atoms with van der Waals surface area (Å²) in [6, 6.07) is 19.0. The molecule has 0 saturated heterocycles. The summed E-state index contributed by atoms with van der Waals surface area (Å²) in [6.07, 6.45) is 0. The van der Waals surface area contributed by atoms with E-state index in [1.165, 1.54) is 22.5 Å². The molecule has 0 bridgehead atoms. The number of hydrogen-bond donors (Lipinski definition) is 1. The van der Waals surface area contributed by atoms with Gasteiger partial charge in [-0.15, -0.1) is 5.10 Å². The number of para-hydroxylation sites is 1. The Balaban J connectivity index is 1.50. The van der Waals surface area contributed by atoms with Crippen molar-refractivity contribution in [3.63, 3.8) is 0 Å². The molecule has 0 aliphatic rings. The summed E-state index contributed by atoms with van der Waals surface area (Å²) < 4.78 is 29.6. The topological polar surface area (TPSA) is 110 Å². The van der Waals surface area contributed by atoms with Crippen LogP contribution in [0.5, 0.6) is 0 Å². The number of benzene rings is 3. The Bertz CT molecular complexity index is 1530. The molecule has 0 aliphatic heterocycles. The molecule has 0 spiro atoms. The van der Waals surface area contributed by atoms with Crippen LogP contribution in [-0.4, -0.2) is 46.8 Å². The average molecular weight is 557 g/mol. The monoisotopic (exact) mass is 556 g/mol. The zero-order valence-electron chi connectivity index (χ0n) is 20.4. The molecular formula is C25H25ClN6O3S2. The van der Waals surface area contributed by atoms with Crippen LogP contribution in [0.3, 0.4) is 0 Å². The number of rotatable bonds is 9. The lowest BCUT2D eigenvalue weighted by Crippen LogP contribution is -2.30. The quantitative estimate of drug-likeness (QED) is 0.293. The van der Waals surface area contributed by atoms with Gasteiger partial charge in [-0.1, -0.05) is 53.7 Å². The molecule has 0 radical (unpaired) electrons. The highest BCUT2D eigenvalue weighted by atomic mass is 35.5. The van der Waals surface area contributed by atoms with E-state index < -0.39 is 10.0 Å². The van der Waals surface area contributed by atoms with Gasteiger partial charge in [0.05, 0.1) is 32.7 Å². The number of nitrogens with one attached hydrogen (secondary N) is 1. The van der Waals surface area contributed by atoms with Crippen molar-refractivity contribution in [2.45, 2.75) is 30.8 Å². The van der Waals surface area contributed by atoms with Gasteiger partial charge in [0.15, 0.2) is 0 Å². The number of aryl methyl sites for hydroxylation is 2. The second kappa shape index (κ2) is 11.3. The number of amides is 1. The first-order valence-corrected chi connectivity index (χ1v) is 14.2. The number of tetrazole rings is 1. The Hall–Kier alpha value is -3.41. The van der Waals surface area contributed by atoms with E-state index >= 15 is 0 Å². The number of halogens is 1. The van der Waals surface area contributed by atoms with Gasteiger partial charge in [-0.3, -0.25) is 9.10 Å². The van der Waals surface area contributed by atoms with E-state index in [0.717, 1.165) is 28.6 Å². The first-order valence-electron chi connectivity index (χ1n) is 11.4. The maximum atomic E-state index is 13.4. The normalized spacial score (nSPS) is 11.4. The molecule has 9 nitrogen and oxygen atoms in total. The van der Waals surface area contributed by atoms with Gasteiger partial charge >= 0.3 is 0 Å². The van der Waals surface area contributed by atoms with E-state index in [0.29, 0.717) is 10.8 Å². The molecule has 0 fully saturated rings. The van der Waals surface area contributed by atoms with Gasteiger partial charge in [-0.25, -0.2) is 8.42 Å². The zero-order chi connectivity index (χ0) is 26.6. The molecule has 0 atom stereocenters. The van der Waals surface area contributed by atoms with Gasteiger partial charge in [0.25, 0.3) is 10.0 Å². The first kappa shape index (κ1) is 26.6. The molecule has 4 aromatic rings. The smallest absolute Gasteiger partial charge is 0.264 e. The van der Waals surface area contributed by atoms with Gasteiger partial charge in [-0.05, 0) is 78.7 Å². The SMILES string of the molecule is CCN(c1ccccc1)S(=O)(=O)c1ccc(Cl)c(NC(=O)CSc2nnnn2-c2cc(C)ccc2C)c1. The minimum atomic E-state index is -3.88. The van der Waals surface area contributed by atoms with Crippen molar-refractivity contribution in [1.29, 1.82) is 0 Å². The van der Waals surface area contributed by atoms with Crippen LogP contribution in [-0.2, 0) is 14.8 Å². The fourth-order valence-electron chi connectivity index (χ4n) is 3.66. The number of aromatic nitrogens is 4. The third-order valence-electron chi connectivity index (χ3n) is 5.50. The Morgan fingerprint density at radius 2 is 1.84 bits per heavy atom. The summed E-state index contributed by atoms with van der Waals surface area (Å²) in [5, 5.41) is 15.2. The zero-order valence-corrected chi connectivity index (χ0v) is 22.8. The van der Waals surface area contributed by atoms with Crippen molar-refractivity contribution in [1.82, 2.24) is 20.2 Å². The van der Waals surface area contributed by atoms with E-state index in [4.69, 9.17) is 11.6 Å². The van der Waals surface area contributed by atoms with Crippen LogP contribution in [0.1, 0.15) is 18.1 Å². The van der Waals surface area contributed by atoms with Gasteiger partial charge in [0, 0.05) is 6.54 Å². The average Bonchev–Trinajstić information content (AvgIpc) is 3.35. The molecule has 192 valence electrons. The van der Waals surface area contributed by atoms with Crippen molar-refractivity contribution >= 4 is 50.7 Å². The Morgan fingerprint density at radius 3 is 2.57 bits per heavy atom. The summed E-state index contributed by atoms with van der Waals surface area (Å²) in [7, 11) is -3.88. The summed E-state index contributed by atoms with van der Waals surface area (Å²) in [4.78, 5) is 12.8. The van der Waals surface area contributed by atoms with E-state index in [-0.39, 0.29) is 33.8 Å². The predicted molar refractivity (Wildman–Crippen MR) is 146 cm³/mol. The molecule has 37 heavy (non-hydrogen) atoms. The van der Waals surface area contributed by atoms with Gasteiger partial charge < -0.3 is 5.32 Å². The van der Waals surface area contributed by atoms with Crippen LogP contribution >= 0.6 is 23.4 Å². The second-order valence-corrected chi connectivity index (χ2v) is 11.4. The molecule has 1 N–H and O–H groups in total. The molecule has 1 amide bonds. The van der Waals surface area contributed by atoms with Crippen molar-refractivity contribution in [2.75, 3.05) is 21.9 Å². The van der Waals surface area contributed by atoms with E-state index in [1.54, 1.807) is 35.9 Å². The lowest BCUT2D eigenvalue weighted by molar-refractivity contribution is -0.113. The number of hydrogen-bond acceptors (Lipinski definition) is 7. The van der Waals surface area contributed by atoms with Crippen molar-refractivity contribution in [2.24, 2.45) is 0 Å². The fourth-order valence-corrected chi connectivity index (χ4v) is 6.01. The first-order chi connectivity index (χ1) is 17.7. The van der Waals surface area contributed by atoms with Crippen molar-refractivity contribution in [3.8, 4) is 5.69 Å². The van der Waals surface area contributed by atoms with Crippen LogP contribution in [0.4, 0.5) is 11.4 Å². The van der Waals surface area contributed by atoms with Crippen LogP contribution in [0.2, 0.25) is 5.02 Å². The molecule has 0 saturated carbocycles. The molecule has 4 rings (SSSR count). The highest BCUT2D eigenvalue weighted by molar-refractivity contribution is 7.99. The number of thioether (sulfide) groups is 1. The number of anilines is 2. The third-order valence-corrected chi connectivity index (χ3v) is 8.65. The number of carbonyl (C=O) groups is 1. The van der Waals surface area contributed by atoms with E-state index in [9.17, 15) is 13.2 Å². The van der Waals surface area contributed by atoms with Gasteiger partial charge in [-0.2, -0.15) is 4.68 Å². The molecule has 0 aliphatic carbocycles. The molecular weight excluding hydrogens is 532 g/mol. The standard InChI is InChI=1S/C25H25ClN6O3S2/c1-4-31(19-8-6-5-7-9-19)37(34,35)20-12-13-21(26)22(15-20)27-24(33)16-36-25-28-29-30-32(25)23-14-17(2)10-11-18(23)3/h5-15H,4,16H2,1-3H3,(H,27,33). The van der Waals surface area contributed by atoms with Gasteiger partial charge in [0.1, 0.15) is 0 Å². The number of sulfonamides is 1. The van der Waals surface area contributed by atoms with E-state index in [2.05, 4.69) is 20.8 Å². The summed E-state index contributed by atoms with van der Waals surface area (Å²) >= 11 is 7.45. The lowest BCUT2D eigenvalue weighted by atomic mass is 10.1. The molecule has 12 heteroatoms. The maximum absolute atomic E-state index is 13.4. The molecule has 0 unspecified atom stereocenters. The largest absolute Gasteiger partial charge is 0.324 e. The predicted octanol–water partition coefficient (Wildman–Crippen LogP) is 4.88. The van der Waals surface area contributed by atoms with Crippen LogP contribution in [0, 0.1) is 13.8 Å². The fraction of sp³-hybridized carbons (Fsp3) is 0.200. The summed E-state index contributed by atoms with van der Waals surface area (Å²) in [5.41, 5.74) is 3.62. The molecule has 3 aromatic carbocycles. The highest BCUT2D eigenvalue weighted by Crippen LogP contribution is 2.30. The molecule has 1 heterocycles. The summed E-state index contributed by atoms with van der Waals surface area (Å²) in [5.74, 6) is -0.392. The Labute approximate surface area is 224 Å². The summed E-state index contributed by atoms with van der Waals surface area (Å²) in [6.45, 7) is 5.93. The van der Waals surface area contributed by atoms with Crippen LogP contribution in [0.25, 0.3) is 5.69 Å². The highest BCUT2D eigenvalue weighted by Gasteiger charge is 2.25. The van der Waals surface area contributed by atoms with E-state index in [1.807, 2.05) is 38.1 Å². The Morgan fingerprint density at radius 1 is 1.08 bits per heavy atom. The lowest BCUT2D eigenvalue weighted by Gasteiger charge is -2.23. The minimum absolute atomic E-state index is 0.0103. The van der Waals surface area contributed by atoms with Crippen molar-refractivity contribution < 1.29 is 13.2 Å². The third kappa shape index (κ3) is 5.95. The van der Waals surface area contributed by atoms with Crippen LogP contribution < -0.4 is 9.62 Å². The minimum Gasteiger partial charge on any atom is -0.324 e. The van der Waals surface area contributed by atoms with Gasteiger partial charge in [0.2, 0.25) is 11.1 Å². The molecule has 1 aromatic heterocycles.